The third-order valence-electron chi connectivity index (χ3n) is 1.65. The van der Waals surface area contributed by atoms with Gasteiger partial charge in [-0.1, -0.05) is 29.3 Å². The molecular weight excluding hydrogens is 221 g/mol. The summed E-state index contributed by atoms with van der Waals surface area (Å²) < 4.78 is 0. The Kier molecular flexibility index (Phi) is 4.11. The third kappa shape index (κ3) is 2.82. The van der Waals surface area contributed by atoms with Crippen LogP contribution in [0.4, 0.5) is 0 Å². The number of Topliss-reactive ketones (excluding diaryl/α,β-unsaturated/α-hetero) is 1. The first-order chi connectivity index (χ1) is 6.65. The van der Waals surface area contributed by atoms with Crippen molar-refractivity contribution in [3.8, 4) is 0 Å². The fourth-order valence-electron chi connectivity index (χ4n) is 0.971. The predicted octanol–water partition coefficient (Wildman–Crippen LogP) is 3.54. The van der Waals surface area contributed by atoms with E-state index in [0.29, 0.717) is 22.9 Å². The van der Waals surface area contributed by atoms with E-state index in [1.807, 2.05) is 0 Å². The number of nitrogens with zero attached hydrogens (tertiary/aromatic N) is 1. The first-order valence-electron chi connectivity index (χ1n) is 4.10. The van der Waals surface area contributed by atoms with E-state index >= 15 is 0 Å². The van der Waals surface area contributed by atoms with Crippen LogP contribution in [0, 0.1) is 0 Å². The van der Waals surface area contributed by atoms with E-state index < -0.39 is 0 Å². The summed E-state index contributed by atoms with van der Waals surface area (Å²) in [4.78, 5) is 15.4. The van der Waals surface area contributed by atoms with Crippen LogP contribution in [0.5, 0.6) is 0 Å². The summed E-state index contributed by atoms with van der Waals surface area (Å²) in [6, 6.07) is 1.51. The largest absolute Gasteiger partial charge is 0.292 e. The predicted molar refractivity (Wildman–Crippen MR) is 58.0 cm³/mol. The molecule has 0 amide bonds. The number of rotatable bonds is 4. The van der Waals surface area contributed by atoms with Crippen LogP contribution in [-0.4, -0.2) is 10.8 Å². The van der Waals surface area contributed by atoms with E-state index in [1.165, 1.54) is 12.3 Å². The molecule has 0 aliphatic heterocycles. The lowest BCUT2D eigenvalue weighted by Gasteiger charge is -2.01. The van der Waals surface area contributed by atoms with Gasteiger partial charge in [-0.15, -0.1) is 6.58 Å². The minimum atomic E-state index is -0.0911. The molecule has 0 aliphatic carbocycles. The molecule has 0 saturated carbocycles. The lowest BCUT2D eigenvalue weighted by molar-refractivity contribution is 0.0979. The fraction of sp³-hybridized carbons (Fsp3) is 0.200. The highest BCUT2D eigenvalue weighted by atomic mass is 35.5. The van der Waals surface area contributed by atoms with Gasteiger partial charge in [-0.2, -0.15) is 0 Å². The molecule has 0 atom stereocenters. The van der Waals surface area contributed by atoms with Crippen molar-refractivity contribution in [2.45, 2.75) is 12.8 Å². The van der Waals surface area contributed by atoms with Crippen molar-refractivity contribution in [3.63, 3.8) is 0 Å². The second-order valence-corrected chi connectivity index (χ2v) is 3.58. The Hall–Kier alpha value is -0.860. The Balaban J connectivity index is 2.84. The van der Waals surface area contributed by atoms with Gasteiger partial charge in [-0.3, -0.25) is 9.78 Å². The van der Waals surface area contributed by atoms with Crippen LogP contribution in [0.1, 0.15) is 23.3 Å². The van der Waals surface area contributed by atoms with Crippen LogP contribution in [0.25, 0.3) is 0 Å². The Bertz CT molecular complexity index is 363. The Morgan fingerprint density at radius 3 is 2.86 bits per heavy atom. The minimum absolute atomic E-state index is 0.0911. The van der Waals surface area contributed by atoms with Gasteiger partial charge in [0, 0.05) is 12.6 Å². The monoisotopic (exact) mass is 229 g/mol. The smallest absolute Gasteiger partial charge is 0.183 e. The number of carbonyl (C=O) groups is 1. The average Bonchev–Trinajstić information content (AvgIpc) is 2.14. The Morgan fingerprint density at radius 2 is 2.29 bits per heavy atom. The number of carbonyl (C=O) groups excluding carboxylic acids is 1. The van der Waals surface area contributed by atoms with E-state index in [2.05, 4.69) is 11.6 Å². The molecule has 1 aromatic heterocycles. The molecule has 1 rings (SSSR count). The molecule has 0 spiro atoms. The van der Waals surface area contributed by atoms with E-state index in [4.69, 9.17) is 23.2 Å². The van der Waals surface area contributed by atoms with Gasteiger partial charge in [0.2, 0.25) is 0 Å². The molecule has 2 nitrogen and oxygen atoms in total. The average molecular weight is 230 g/mol. The molecule has 0 unspecified atom stereocenters. The van der Waals surface area contributed by atoms with Gasteiger partial charge < -0.3 is 0 Å². The summed E-state index contributed by atoms with van der Waals surface area (Å²) in [5.74, 6) is -0.0911. The number of halogens is 2. The molecule has 1 heterocycles. The number of ketones is 1. The van der Waals surface area contributed by atoms with Crippen LogP contribution < -0.4 is 0 Å². The van der Waals surface area contributed by atoms with E-state index in [0.717, 1.165) is 0 Å². The molecule has 0 aromatic carbocycles. The maximum Gasteiger partial charge on any atom is 0.183 e. The van der Waals surface area contributed by atoms with Crippen molar-refractivity contribution in [2.75, 3.05) is 0 Å². The Morgan fingerprint density at radius 1 is 1.57 bits per heavy atom. The van der Waals surface area contributed by atoms with Crippen molar-refractivity contribution < 1.29 is 4.79 Å². The number of aromatic nitrogens is 1. The Labute approximate surface area is 92.6 Å². The zero-order chi connectivity index (χ0) is 10.6. The summed E-state index contributed by atoms with van der Waals surface area (Å²) in [7, 11) is 0. The van der Waals surface area contributed by atoms with E-state index in [-0.39, 0.29) is 11.5 Å². The second kappa shape index (κ2) is 5.13. The highest BCUT2D eigenvalue weighted by molar-refractivity contribution is 6.36. The zero-order valence-corrected chi connectivity index (χ0v) is 8.98. The third-order valence-corrected chi connectivity index (χ3v) is 2.14. The van der Waals surface area contributed by atoms with Crippen molar-refractivity contribution in [1.82, 2.24) is 4.98 Å². The first-order valence-corrected chi connectivity index (χ1v) is 4.86. The zero-order valence-electron chi connectivity index (χ0n) is 7.46. The van der Waals surface area contributed by atoms with Gasteiger partial charge in [-0.05, 0) is 12.5 Å². The number of hydrogen-bond acceptors (Lipinski definition) is 2. The number of hydrogen-bond donors (Lipinski definition) is 0. The fourth-order valence-corrected chi connectivity index (χ4v) is 1.46. The molecule has 74 valence electrons. The summed E-state index contributed by atoms with van der Waals surface area (Å²) in [6.45, 7) is 3.54. The highest BCUT2D eigenvalue weighted by Gasteiger charge is 2.11. The topological polar surface area (TPSA) is 30.0 Å². The first kappa shape index (κ1) is 11.2. The molecule has 0 saturated heterocycles. The summed E-state index contributed by atoms with van der Waals surface area (Å²) >= 11 is 11.5. The van der Waals surface area contributed by atoms with Gasteiger partial charge in [0.05, 0.1) is 10.0 Å². The van der Waals surface area contributed by atoms with Crippen molar-refractivity contribution >= 4 is 29.0 Å². The quantitative estimate of drug-likeness (QED) is 0.584. The normalized spacial score (nSPS) is 9.86. The van der Waals surface area contributed by atoms with Gasteiger partial charge >= 0.3 is 0 Å². The highest BCUT2D eigenvalue weighted by Crippen LogP contribution is 2.19. The summed E-state index contributed by atoms with van der Waals surface area (Å²) in [5.41, 5.74) is 0.276. The van der Waals surface area contributed by atoms with E-state index in [1.54, 1.807) is 6.08 Å². The molecule has 0 bridgehead atoms. The maximum absolute atomic E-state index is 11.5. The van der Waals surface area contributed by atoms with Gasteiger partial charge in [0.1, 0.15) is 5.69 Å². The van der Waals surface area contributed by atoms with Crippen LogP contribution in [0.3, 0.4) is 0 Å². The van der Waals surface area contributed by atoms with Crippen LogP contribution in [0.15, 0.2) is 24.9 Å². The molecule has 0 N–H and O–H groups in total. The minimum Gasteiger partial charge on any atom is -0.292 e. The van der Waals surface area contributed by atoms with Gasteiger partial charge in [0.15, 0.2) is 5.78 Å². The maximum atomic E-state index is 11.5. The standard InChI is InChI=1S/C10H9Cl2NO/c1-2-3-4-9(14)10-8(12)5-7(11)6-13-10/h2,5-6H,1,3-4H2. The summed E-state index contributed by atoms with van der Waals surface area (Å²) in [5, 5.41) is 0.724. The van der Waals surface area contributed by atoms with Crippen molar-refractivity contribution in [1.29, 1.82) is 0 Å². The van der Waals surface area contributed by atoms with E-state index in [9.17, 15) is 4.79 Å². The molecule has 0 aliphatic rings. The molecule has 0 radical (unpaired) electrons. The SMILES string of the molecule is C=CCCC(=O)c1ncc(Cl)cc1Cl. The van der Waals surface area contributed by atoms with Gasteiger partial charge in [-0.25, -0.2) is 0 Å². The molecular formula is C10H9Cl2NO. The number of allylic oxidation sites excluding steroid dienone is 1. The summed E-state index contributed by atoms with van der Waals surface area (Å²) in [6.07, 6.45) is 4.09. The molecule has 4 heteroatoms. The van der Waals surface area contributed by atoms with Crippen molar-refractivity contribution in [2.24, 2.45) is 0 Å². The van der Waals surface area contributed by atoms with Crippen molar-refractivity contribution in [3.05, 3.63) is 40.7 Å². The van der Waals surface area contributed by atoms with Gasteiger partial charge in [0.25, 0.3) is 0 Å². The lowest BCUT2D eigenvalue weighted by atomic mass is 10.1. The lowest BCUT2D eigenvalue weighted by Crippen LogP contribution is -2.02. The second-order valence-electron chi connectivity index (χ2n) is 2.73. The van der Waals surface area contributed by atoms with Crippen LogP contribution in [0.2, 0.25) is 10.0 Å². The molecule has 1 aromatic rings. The molecule has 14 heavy (non-hydrogen) atoms. The number of pyridine rings is 1. The van der Waals surface area contributed by atoms with Crippen LogP contribution in [-0.2, 0) is 0 Å². The molecule has 0 fully saturated rings. The van der Waals surface area contributed by atoms with Crippen LogP contribution >= 0.6 is 23.2 Å².